The molecule has 4 heteroatoms. The van der Waals surface area contributed by atoms with Crippen molar-refractivity contribution in [2.24, 2.45) is 0 Å². The maximum absolute atomic E-state index is 4.39. The number of hydrogen-bond donors (Lipinski definition) is 2. The molecule has 0 amide bonds. The van der Waals surface area contributed by atoms with Crippen LogP contribution >= 0.6 is 0 Å². The van der Waals surface area contributed by atoms with Crippen molar-refractivity contribution in [2.45, 2.75) is 20.3 Å². The lowest BCUT2D eigenvalue weighted by molar-refractivity contribution is 0.953. The largest absolute Gasteiger partial charge is 0.354 e. The second-order valence-electron chi connectivity index (χ2n) is 4.18. The number of aromatic nitrogens is 2. The van der Waals surface area contributed by atoms with Gasteiger partial charge in [-0.1, -0.05) is 24.6 Å². The summed E-state index contributed by atoms with van der Waals surface area (Å²) < 4.78 is 0. The van der Waals surface area contributed by atoms with Gasteiger partial charge in [0.15, 0.2) is 0 Å². The number of anilines is 3. The van der Waals surface area contributed by atoms with Crippen molar-refractivity contribution >= 4 is 17.5 Å². The van der Waals surface area contributed by atoms with E-state index >= 15 is 0 Å². The van der Waals surface area contributed by atoms with Gasteiger partial charge in [-0.05, 0) is 31.5 Å². The normalized spacial score (nSPS) is 10.1. The Morgan fingerprint density at radius 3 is 2.61 bits per heavy atom. The van der Waals surface area contributed by atoms with Gasteiger partial charge in [-0.15, -0.1) is 0 Å². The van der Waals surface area contributed by atoms with Crippen molar-refractivity contribution in [3.63, 3.8) is 0 Å². The van der Waals surface area contributed by atoms with Gasteiger partial charge in [-0.3, -0.25) is 0 Å². The third-order valence-electron chi connectivity index (χ3n) is 2.51. The van der Waals surface area contributed by atoms with Crippen LogP contribution in [0.25, 0.3) is 0 Å². The van der Waals surface area contributed by atoms with E-state index in [0.717, 1.165) is 24.5 Å². The second-order valence-corrected chi connectivity index (χ2v) is 4.18. The van der Waals surface area contributed by atoms with Crippen molar-refractivity contribution in [1.82, 2.24) is 9.97 Å². The molecule has 0 saturated carbocycles. The van der Waals surface area contributed by atoms with Crippen molar-refractivity contribution in [1.29, 1.82) is 0 Å². The molecular weight excluding hydrogens is 224 g/mol. The minimum Gasteiger partial charge on any atom is -0.354 e. The number of aryl methyl sites for hydroxylation is 1. The molecular formula is C14H18N4. The lowest BCUT2D eigenvalue weighted by atomic mass is 10.2. The van der Waals surface area contributed by atoms with Gasteiger partial charge in [0.05, 0.1) is 0 Å². The van der Waals surface area contributed by atoms with Gasteiger partial charge in [-0.2, -0.15) is 4.98 Å². The van der Waals surface area contributed by atoms with Crippen LogP contribution in [0.2, 0.25) is 0 Å². The van der Waals surface area contributed by atoms with E-state index in [2.05, 4.69) is 46.6 Å². The van der Waals surface area contributed by atoms with Gasteiger partial charge in [0.25, 0.3) is 0 Å². The molecule has 1 aromatic carbocycles. The molecule has 0 atom stereocenters. The lowest BCUT2D eigenvalue weighted by Crippen LogP contribution is -2.05. The molecule has 0 fully saturated rings. The summed E-state index contributed by atoms with van der Waals surface area (Å²) >= 11 is 0. The van der Waals surface area contributed by atoms with Gasteiger partial charge < -0.3 is 10.6 Å². The summed E-state index contributed by atoms with van der Waals surface area (Å²) in [5.74, 6) is 1.46. The highest BCUT2D eigenvalue weighted by molar-refractivity contribution is 5.57. The van der Waals surface area contributed by atoms with Gasteiger partial charge in [0.1, 0.15) is 5.82 Å². The number of nitrogens with zero attached hydrogens (tertiary/aromatic N) is 2. The molecule has 2 rings (SSSR count). The van der Waals surface area contributed by atoms with Crippen molar-refractivity contribution < 1.29 is 0 Å². The lowest BCUT2D eigenvalue weighted by Gasteiger charge is -2.08. The summed E-state index contributed by atoms with van der Waals surface area (Å²) in [6, 6.07) is 10.1. The van der Waals surface area contributed by atoms with Crippen molar-refractivity contribution in [3.8, 4) is 0 Å². The molecule has 1 aromatic heterocycles. The number of rotatable bonds is 5. The third kappa shape index (κ3) is 3.45. The molecule has 0 radical (unpaired) electrons. The highest BCUT2D eigenvalue weighted by Gasteiger charge is 1.99. The molecule has 0 saturated heterocycles. The Hall–Kier alpha value is -2.10. The summed E-state index contributed by atoms with van der Waals surface area (Å²) in [6.07, 6.45) is 2.81. The van der Waals surface area contributed by atoms with Crippen molar-refractivity contribution in [2.75, 3.05) is 17.2 Å². The van der Waals surface area contributed by atoms with E-state index < -0.39 is 0 Å². The Balaban J connectivity index is 2.06. The molecule has 0 bridgehead atoms. The predicted molar refractivity (Wildman–Crippen MR) is 75.3 cm³/mol. The van der Waals surface area contributed by atoms with E-state index in [1.165, 1.54) is 5.56 Å². The maximum Gasteiger partial charge on any atom is 0.224 e. The first-order chi connectivity index (χ1) is 8.78. The zero-order valence-corrected chi connectivity index (χ0v) is 10.8. The summed E-state index contributed by atoms with van der Waals surface area (Å²) in [5, 5.41) is 6.42. The quantitative estimate of drug-likeness (QED) is 0.844. The summed E-state index contributed by atoms with van der Waals surface area (Å²) in [6.45, 7) is 5.07. The number of hydrogen-bond acceptors (Lipinski definition) is 4. The van der Waals surface area contributed by atoms with E-state index in [9.17, 15) is 0 Å². The van der Waals surface area contributed by atoms with Crippen LogP contribution in [0.4, 0.5) is 17.5 Å². The van der Waals surface area contributed by atoms with E-state index in [-0.39, 0.29) is 0 Å². The average Bonchev–Trinajstić information content (AvgIpc) is 2.40. The van der Waals surface area contributed by atoms with E-state index in [0.29, 0.717) is 5.95 Å². The van der Waals surface area contributed by atoms with Gasteiger partial charge in [-0.25, -0.2) is 4.98 Å². The fourth-order valence-corrected chi connectivity index (χ4v) is 1.54. The number of nitrogens with one attached hydrogen (secondary N) is 2. The van der Waals surface area contributed by atoms with E-state index in [1.807, 2.05) is 18.2 Å². The minimum absolute atomic E-state index is 0.661. The Bertz CT molecular complexity index is 493. The third-order valence-corrected chi connectivity index (χ3v) is 2.51. The summed E-state index contributed by atoms with van der Waals surface area (Å²) in [7, 11) is 0. The molecule has 2 aromatic rings. The average molecular weight is 242 g/mol. The van der Waals surface area contributed by atoms with Crippen molar-refractivity contribution in [3.05, 3.63) is 42.1 Å². The minimum atomic E-state index is 0.661. The predicted octanol–water partition coefficient (Wildman–Crippen LogP) is 3.35. The standard InChI is InChI=1S/C14H18N4/c1-3-9-15-14-16-10-8-13(18-14)17-12-6-4-11(2)5-7-12/h4-8,10H,3,9H2,1-2H3,(H2,15,16,17,18). The topological polar surface area (TPSA) is 49.8 Å². The Labute approximate surface area is 107 Å². The molecule has 18 heavy (non-hydrogen) atoms. The summed E-state index contributed by atoms with van der Waals surface area (Å²) in [5.41, 5.74) is 2.27. The molecule has 2 N–H and O–H groups in total. The van der Waals surface area contributed by atoms with E-state index in [1.54, 1.807) is 6.20 Å². The van der Waals surface area contributed by atoms with Crippen LogP contribution in [0.3, 0.4) is 0 Å². The first kappa shape index (κ1) is 12.4. The molecule has 0 aliphatic rings. The highest BCUT2D eigenvalue weighted by Crippen LogP contribution is 2.15. The molecule has 0 unspecified atom stereocenters. The molecule has 0 aliphatic carbocycles. The first-order valence-corrected chi connectivity index (χ1v) is 6.18. The van der Waals surface area contributed by atoms with Crippen LogP contribution in [-0.4, -0.2) is 16.5 Å². The zero-order valence-electron chi connectivity index (χ0n) is 10.8. The highest BCUT2D eigenvalue weighted by atomic mass is 15.1. The number of benzene rings is 1. The maximum atomic E-state index is 4.39. The first-order valence-electron chi connectivity index (χ1n) is 6.18. The van der Waals surface area contributed by atoms with Crippen LogP contribution in [0.1, 0.15) is 18.9 Å². The SMILES string of the molecule is CCCNc1nccc(Nc2ccc(C)cc2)n1. The second kappa shape index (κ2) is 6.00. The molecule has 4 nitrogen and oxygen atoms in total. The fraction of sp³-hybridized carbons (Fsp3) is 0.286. The van der Waals surface area contributed by atoms with Gasteiger partial charge >= 0.3 is 0 Å². The molecule has 0 spiro atoms. The Morgan fingerprint density at radius 1 is 1.11 bits per heavy atom. The van der Waals surface area contributed by atoms with Gasteiger partial charge in [0, 0.05) is 18.4 Å². The van der Waals surface area contributed by atoms with E-state index in [4.69, 9.17) is 0 Å². The molecule has 0 aliphatic heterocycles. The monoisotopic (exact) mass is 242 g/mol. The van der Waals surface area contributed by atoms with Crippen LogP contribution in [-0.2, 0) is 0 Å². The molecule has 1 heterocycles. The Kier molecular flexibility index (Phi) is 4.12. The smallest absolute Gasteiger partial charge is 0.224 e. The fourth-order valence-electron chi connectivity index (χ4n) is 1.54. The van der Waals surface area contributed by atoms with Gasteiger partial charge in [0.2, 0.25) is 5.95 Å². The molecule has 94 valence electrons. The Morgan fingerprint density at radius 2 is 1.89 bits per heavy atom. The van der Waals surface area contributed by atoms with Crippen LogP contribution in [0, 0.1) is 6.92 Å². The summed E-state index contributed by atoms with van der Waals surface area (Å²) in [4.78, 5) is 8.57. The zero-order chi connectivity index (χ0) is 12.8. The van der Waals surface area contributed by atoms with Crippen LogP contribution < -0.4 is 10.6 Å². The van der Waals surface area contributed by atoms with Crippen LogP contribution in [0.15, 0.2) is 36.5 Å². The van der Waals surface area contributed by atoms with Crippen LogP contribution in [0.5, 0.6) is 0 Å².